The van der Waals surface area contributed by atoms with Gasteiger partial charge in [0.2, 0.25) is 0 Å². The standard InChI is InChI=1S/C14H10F3N3O2S/c15-14(16,17)9-2-1-4-19(12(9)21)5-6-20-8-18-10-3-7-23-11(10)13(20)22/h1-4,7-8H,5-6H2. The first-order chi connectivity index (χ1) is 10.9. The number of pyridine rings is 1. The van der Waals surface area contributed by atoms with Gasteiger partial charge in [-0.25, -0.2) is 4.98 Å². The topological polar surface area (TPSA) is 56.9 Å². The summed E-state index contributed by atoms with van der Waals surface area (Å²) in [6.07, 6.45) is -2.11. The fraction of sp³-hybridized carbons (Fsp3) is 0.214. The second-order valence-electron chi connectivity index (χ2n) is 4.80. The van der Waals surface area contributed by atoms with Crippen molar-refractivity contribution in [2.45, 2.75) is 19.3 Å². The highest BCUT2D eigenvalue weighted by Crippen LogP contribution is 2.25. The molecule has 9 heteroatoms. The van der Waals surface area contributed by atoms with Gasteiger partial charge >= 0.3 is 6.18 Å². The number of hydrogen-bond donors (Lipinski definition) is 0. The van der Waals surface area contributed by atoms with Crippen LogP contribution < -0.4 is 11.1 Å². The van der Waals surface area contributed by atoms with Gasteiger partial charge in [0.25, 0.3) is 11.1 Å². The van der Waals surface area contributed by atoms with Gasteiger partial charge in [-0.1, -0.05) is 0 Å². The van der Waals surface area contributed by atoms with Crippen molar-refractivity contribution in [1.29, 1.82) is 0 Å². The fourth-order valence-corrected chi connectivity index (χ4v) is 2.97. The monoisotopic (exact) mass is 341 g/mol. The Kier molecular flexibility index (Phi) is 3.80. The molecule has 3 rings (SSSR count). The van der Waals surface area contributed by atoms with Gasteiger partial charge in [0.05, 0.1) is 11.8 Å². The number of hydrogen-bond acceptors (Lipinski definition) is 4. The molecule has 0 radical (unpaired) electrons. The molecule has 0 aliphatic carbocycles. The SMILES string of the molecule is O=c1c(C(F)(F)F)cccn1CCn1cnc2ccsc2c1=O. The zero-order chi connectivity index (χ0) is 16.6. The van der Waals surface area contributed by atoms with Crippen LogP contribution >= 0.6 is 11.3 Å². The third-order valence-corrected chi connectivity index (χ3v) is 4.23. The van der Waals surface area contributed by atoms with Gasteiger partial charge in [0.1, 0.15) is 10.3 Å². The van der Waals surface area contributed by atoms with E-state index >= 15 is 0 Å². The van der Waals surface area contributed by atoms with E-state index in [0.717, 1.165) is 16.7 Å². The number of aromatic nitrogens is 3. The second kappa shape index (κ2) is 5.65. The van der Waals surface area contributed by atoms with E-state index in [2.05, 4.69) is 4.98 Å². The number of nitrogens with zero attached hydrogens (tertiary/aromatic N) is 3. The number of thiophene rings is 1. The van der Waals surface area contributed by atoms with Crippen LogP contribution in [0.5, 0.6) is 0 Å². The molecular formula is C14H10F3N3O2S. The number of alkyl halides is 3. The van der Waals surface area contributed by atoms with Crippen LogP contribution in [0.3, 0.4) is 0 Å². The molecule has 23 heavy (non-hydrogen) atoms. The first-order valence-corrected chi connectivity index (χ1v) is 7.45. The molecule has 0 aliphatic rings. The van der Waals surface area contributed by atoms with E-state index in [-0.39, 0.29) is 18.6 Å². The first-order valence-electron chi connectivity index (χ1n) is 6.57. The zero-order valence-corrected chi connectivity index (χ0v) is 12.4. The van der Waals surface area contributed by atoms with E-state index in [1.807, 2.05) is 0 Å². The number of rotatable bonds is 3. The van der Waals surface area contributed by atoms with Crippen LogP contribution in [0.4, 0.5) is 13.2 Å². The highest BCUT2D eigenvalue weighted by Gasteiger charge is 2.34. The average Bonchev–Trinajstić information content (AvgIpc) is 2.96. The fourth-order valence-electron chi connectivity index (χ4n) is 2.18. The van der Waals surface area contributed by atoms with Gasteiger partial charge in [0.15, 0.2) is 0 Å². The Balaban J connectivity index is 1.90. The van der Waals surface area contributed by atoms with Gasteiger partial charge < -0.3 is 4.57 Å². The van der Waals surface area contributed by atoms with E-state index in [0.29, 0.717) is 10.2 Å². The van der Waals surface area contributed by atoms with E-state index in [4.69, 9.17) is 0 Å². The van der Waals surface area contributed by atoms with Crippen LogP contribution in [0.25, 0.3) is 10.2 Å². The molecule has 0 aliphatic heterocycles. The van der Waals surface area contributed by atoms with E-state index in [1.54, 1.807) is 11.4 Å². The predicted octanol–water partition coefficient (Wildman–Crippen LogP) is 2.34. The molecule has 0 N–H and O–H groups in total. The zero-order valence-electron chi connectivity index (χ0n) is 11.6. The normalized spacial score (nSPS) is 12.0. The Morgan fingerprint density at radius 2 is 1.83 bits per heavy atom. The Morgan fingerprint density at radius 3 is 2.57 bits per heavy atom. The third-order valence-electron chi connectivity index (χ3n) is 3.34. The molecule has 0 aromatic carbocycles. The van der Waals surface area contributed by atoms with Crippen molar-refractivity contribution in [3.05, 3.63) is 62.4 Å². The molecule has 0 fully saturated rings. The van der Waals surface area contributed by atoms with Crippen LogP contribution in [-0.2, 0) is 19.3 Å². The van der Waals surface area contributed by atoms with E-state index < -0.39 is 17.3 Å². The molecule has 0 saturated carbocycles. The summed E-state index contributed by atoms with van der Waals surface area (Å²) in [7, 11) is 0. The van der Waals surface area contributed by atoms with Crippen LogP contribution in [-0.4, -0.2) is 14.1 Å². The van der Waals surface area contributed by atoms with Crippen LogP contribution in [0.2, 0.25) is 0 Å². The Bertz CT molecular complexity index is 972. The number of fused-ring (bicyclic) bond motifs is 1. The summed E-state index contributed by atoms with van der Waals surface area (Å²) in [5.74, 6) is 0. The lowest BCUT2D eigenvalue weighted by Crippen LogP contribution is -2.30. The number of halogens is 3. The maximum atomic E-state index is 12.7. The van der Waals surface area contributed by atoms with Crippen molar-refractivity contribution < 1.29 is 13.2 Å². The summed E-state index contributed by atoms with van der Waals surface area (Å²) < 4.78 is 40.9. The molecule has 0 saturated heterocycles. The molecule has 3 aromatic heterocycles. The smallest absolute Gasteiger partial charge is 0.313 e. The summed E-state index contributed by atoms with van der Waals surface area (Å²) >= 11 is 1.25. The maximum absolute atomic E-state index is 12.7. The Morgan fingerprint density at radius 1 is 1.09 bits per heavy atom. The largest absolute Gasteiger partial charge is 0.421 e. The van der Waals surface area contributed by atoms with Gasteiger partial charge in [-0.3, -0.25) is 14.2 Å². The lowest BCUT2D eigenvalue weighted by molar-refractivity contribution is -0.139. The molecule has 3 heterocycles. The summed E-state index contributed by atoms with van der Waals surface area (Å²) in [5, 5.41) is 1.74. The van der Waals surface area contributed by atoms with Gasteiger partial charge in [-0.05, 0) is 23.6 Å². The van der Waals surface area contributed by atoms with Gasteiger partial charge in [-0.2, -0.15) is 13.2 Å². The minimum atomic E-state index is -4.70. The molecular weight excluding hydrogens is 331 g/mol. The number of aryl methyl sites for hydroxylation is 2. The molecule has 0 atom stereocenters. The lowest BCUT2D eigenvalue weighted by Gasteiger charge is -2.11. The van der Waals surface area contributed by atoms with Crippen LogP contribution in [0.15, 0.2) is 45.7 Å². The molecule has 0 spiro atoms. The molecule has 5 nitrogen and oxygen atoms in total. The summed E-state index contributed by atoms with van der Waals surface area (Å²) in [6, 6.07) is 3.61. The van der Waals surface area contributed by atoms with Crippen molar-refractivity contribution in [3.8, 4) is 0 Å². The van der Waals surface area contributed by atoms with Gasteiger partial charge in [0, 0.05) is 19.3 Å². The average molecular weight is 341 g/mol. The summed E-state index contributed by atoms with van der Waals surface area (Å²) in [4.78, 5) is 28.1. The molecule has 0 bridgehead atoms. The molecule has 3 aromatic rings. The maximum Gasteiger partial charge on any atom is 0.421 e. The lowest BCUT2D eigenvalue weighted by atomic mass is 10.2. The molecule has 0 unspecified atom stereocenters. The summed E-state index contributed by atoms with van der Waals surface area (Å²) in [5.41, 5.74) is -2.05. The Hall–Kier alpha value is -2.42. The van der Waals surface area contributed by atoms with Crippen molar-refractivity contribution in [2.24, 2.45) is 0 Å². The van der Waals surface area contributed by atoms with Crippen molar-refractivity contribution in [3.63, 3.8) is 0 Å². The minimum absolute atomic E-state index is 0.0543. The first kappa shape index (κ1) is 15.5. The van der Waals surface area contributed by atoms with Crippen LogP contribution in [0.1, 0.15) is 5.56 Å². The van der Waals surface area contributed by atoms with Crippen molar-refractivity contribution in [1.82, 2.24) is 14.1 Å². The van der Waals surface area contributed by atoms with Crippen LogP contribution in [0, 0.1) is 0 Å². The van der Waals surface area contributed by atoms with Gasteiger partial charge in [-0.15, -0.1) is 11.3 Å². The minimum Gasteiger partial charge on any atom is -0.313 e. The predicted molar refractivity (Wildman–Crippen MR) is 79.6 cm³/mol. The summed E-state index contributed by atoms with van der Waals surface area (Å²) in [6.45, 7) is 0.00210. The van der Waals surface area contributed by atoms with E-state index in [9.17, 15) is 22.8 Å². The quantitative estimate of drug-likeness (QED) is 0.735. The van der Waals surface area contributed by atoms with Crippen molar-refractivity contribution in [2.75, 3.05) is 0 Å². The Labute approximate surface area is 131 Å². The van der Waals surface area contributed by atoms with Crippen molar-refractivity contribution >= 4 is 21.6 Å². The molecule has 120 valence electrons. The molecule has 0 amide bonds. The third kappa shape index (κ3) is 2.91. The highest BCUT2D eigenvalue weighted by atomic mass is 32.1. The second-order valence-corrected chi connectivity index (χ2v) is 5.71. The highest BCUT2D eigenvalue weighted by molar-refractivity contribution is 7.17. The van der Waals surface area contributed by atoms with E-state index in [1.165, 1.54) is 28.4 Å².